The van der Waals surface area contributed by atoms with E-state index in [0.29, 0.717) is 6.42 Å². The average Bonchev–Trinajstić information content (AvgIpc) is 2.28. The molecule has 5 N–H and O–H groups in total. The van der Waals surface area contributed by atoms with Crippen molar-refractivity contribution in [3.05, 3.63) is 0 Å². The van der Waals surface area contributed by atoms with Gasteiger partial charge in [0.25, 0.3) is 0 Å². The van der Waals surface area contributed by atoms with Crippen LogP contribution in [0.25, 0.3) is 0 Å². The monoisotopic (exact) mass is 236 g/mol. The largest absolute Gasteiger partial charge is 0.481 e. The number of unbranched alkanes of at least 4 members (excludes halogenated alkanes) is 6. The lowest BCUT2D eigenvalue weighted by Crippen LogP contribution is -2.04. The second-order valence-electron chi connectivity index (χ2n) is 3.46. The van der Waals surface area contributed by atoms with Crippen molar-refractivity contribution >= 4 is 5.97 Å². The van der Waals surface area contributed by atoms with Crippen LogP contribution in [0.4, 0.5) is 0 Å². The molecule has 0 saturated heterocycles. The molecule has 0 aliphatic carbocycles. The first kappa shape index (κ1) is 17.7. The zero-order valence-corrected chi connectivity index (χ0v) is 9.98. The number of carbonyl (C=O) groups is 1. The third-order valence-electron chi connectivity index (χ3n) is 2.05. The molecule has 0 heterocycles. The summed E-state index contributed by atoms with van der Waals surface area (Å²) in [7, 11) is 0. The highest BCUT2D eigenvalue weighted by atomic mass is 17.3. The van der Waals surface area contributed by atoms with Gasteiger partial charge in [-0.25, -0.2) is 0 Å². The van der Waals surface area contributed by atoms with Gasteiger partial charge in [0.1, 0.15) is 0 Å². The molecule has 0 amide bonds. The molecule has 0 fully saturated rings. The van der Waals surface area contributed by atoms with E-state index in [1.165, 1.54) is 32.1 Å². The van der Waals surface area contributed by atoms with Gasteiger partial charge in [0, 0.05) is 6.42 Å². The maximum absolute atomic E-state index is 10.1. The lowest BCUT2D eigenvalue weighted by atomic mass is 10.1. The summed E-state index contributed by atoms with van der Waals surface area (Å²) in [6, 6.07) is 0. The summed E-state index contributed by atoms with van der Waals surface area (Å²) in [5.74, 6) is 7.70. The summed E-state index contributed by atoms with van der Waals surface area (Å²) in [5, 5.41) is 8.35. The number of carboxylic acid groups (broad SMARTS) is 1. The van der Waals surface area contributed by atoms with Crippen molar-refractivity contribution in [2.75, 3.05) is 0 Å². The summed E-state index contributed by atoms with van der Waals surface area (Å²) >= 11 is 0. The first-order valence-electron chi connectivity index (χ1n) is 5.63. The smallest absolute Gasteiger partial charge is 0.303 e. The van der Waals surface area contributed by atoms with Crippen LogP contribution < -0.4 is 11.8 Å². The molecule has 0 saturated carbocycles. The average molecular weight is 236 g/mol. The van der Waals surface area contributed by atoms with Crippen LogP contribution in [-0.4, -0.2) is 11.1 Å². The van der Waals surface area contributed by atoms with Gasteiger partial charge in [0.2, 0.25) is 0 Å². The molecule has 0 aromatic heterocycles. The quantitative estimate of drug-likeness (QED) is 0.320. The van der Waals surface area contributed by atoms with Crippen LogP contribution in [0.15, 0.2) is 0 Å². The number of aliphatic carboxylic acids is 1. The van der Waals surface area contributed by atoms with E-state index in [1.54, 1.807) is 0 Å². The van der Waals surface area contributed by atoms with Gasteiger partial charge >= 0.3 is 5.97 Å². The van der Waals surface area contributed by atoms with E-state index in [9.17, 15) is 4.79 Å². The maximum atomic E-state index is 10.1. The fourth-order valence-electron chi connectivity index (χ4n) is 1.23. The minimum absolute atomic E-state index is 0.341. The molecule has 98 valence electrons. The normalized spacial score (nSPS) is 9.44. The molecule has 16 heavy (non-hydrogen) atoms. The Morgan fingerprint density at radius 3 is 1.81 bits per heavy atom. The van der Waals surface area contributed by atoms with E-state index in [4.69, 9.17) is 5.11 Å². The molecular formula is C10H24N2O4. The predicted octanol–water partition coefficient (Wildman–Crippen LogP) is 1.89. The zero-order valence-electron chi connectivity index (χ0n) is 9.98. The van der Waals surface area contributed by atoms with Crippen LogP contribution in [0, 0.1) is 0 Å². The number of hydrogen-bond acceptors (Lipinski definition) is 5. The van der Waals surface area contributed by atoms with Crippen molar-refractivity contribution in [2.24, 2.45) is 11.8 Å². The van der Waals surface area contributed by atoms with Gasteiger partial charge in [-0.1, -0.05) is 45.4 Å². The molecule has 0 spiro atoms. The fourth-order valence-corrected chi connectivity index (χ4v) is 1.23. The molecular weight excluding hydrogens is 212 g/mol. The van der Waals surface area contributed by atoms with Gasteiger partial charge in [-0.3, -0.25) is 4.79 Å². The van der Waals surface area contributed by atoms with Crippen LogP contribution in [-0.2, 0) is 14.8 Å². The highest BCUT2D eigenvalue weighted by Gasteiger charge is 1.95. The Labute approximate surface area is 96.7 Å². The standard InChI is InChI=1S/C10H20O2.H4N2O2/c1-2-3-4-5-6-7-8-9-10(11)12;1-3-4-2/h2-9H2,1H3,(H,11,12);1-2H2. The third-order valence-corrected chi connectivity index (χ3v) is 2.05. The van der Waals surface area contributed by atoms with E-state index >= 15 is 0 Å². The molecule has 0 aliphatic rings. The summed E-state index contributed by atoms with van der Waals surface area (Å²) in [6.45, 7) is 2.20. The topological polar surface area (TPSA) is 108 Å². The Kier molecular flexibility index (Phi) is 18.5. The van der Waals surface area contributed by atoms with E-state index in [2.05, 4.69) is 28.7 Å². The van der Waals surface area contributed by atoms with Crippen molar-refractivity contribution in [3.8, 4) is 0 Å². The second kappa shape index (κ2) is 16.7. The summed E-state index contributed by atoms with van der Waals surface area (Å²) in [6.07, 6.45) is 8.64. The van der Waals surface area contributed by atoms with Crippen LogP contribution in [0.5, 0.6) is 0 Å². The fraction of sp³-hybridized carbons (Fsp3) is 0.900. The Morgan fingerprint density at radius 2 is 1.44 bits per heavy atom. The molecule has 0 rings (SSSR count). The molecule has 0 atom stereocenters. The lowest BCUT2D eigenvalue weighted by molar-refractivity contribution is -0.304. The summed E-state index contributed by atoms with van der Waals surface area (Å²) in [5.41, 5.74) is 0. The first-order valence-corrected chi connectivity index (χ1v) is 5.63. The van der Waals surface area contributed by atoms with Gasteiger partial charge in [-0.15, -0.1) is 9.98 Å². The van der Waals surface area contributed by atoms with E-state index < -0.39 is 5.97 Å². The van der Waals surface area contributed by atoms with Crippen molar-refractivity contribution < 1.29 is 19.9 Å². The molecule has 0 aromatic rings. The molecule has 0 bridgehead atoms. The second-order valence-corrected chi connectivity index (χ2v) is 3.46. The van der Waals surface area contributed by atoms with Crippen molar-refractivity contribution in [1.29, 1.82) is 0 Å². The highest BCUT2D eigenvalue weighted by Crippen LogP contribution is 2.07. The van der Waals surface area contributed by atoms with Gasteiger partial charge < -0.3 is 5.11 Å². The van der Waals surface area contributed by atoms with Crippen LogP contribution in [0.1, 0.15) is 58.3 Å². The number of hydrogen-bond donors (Lipinski definition) is 3. The summed E-state index contributed by atoms with van der Waals surface area (Å²) < 4.78 is 0. The molecule has 6 heteroatoms. The molecule has 0 radical (unpaired) electrons. The van der Waals surface area contributed by atoms with Crippen molar-refractivity contribution in [3.63, 3.8) is 0 Å². The molecule has 0 aliphatic heterocycles. The Morgan fingerprint density at radius 1 is 1.00 bits per heavy atom. The number of carboxylic acids is 1. The van der Waals surface area contributed by atoms with E-state index in [-0.39, 0.29) is 0 Å². The van der Waals surface area contributed by atoms with Crippen molar-refractivity contribution in [1.82, 2.24) is 0 Å². The highest BCUT2D eigenvalue weighted by molar-refractivity contribution is 5.66. The Bertz CT molecular complexity index is 143. The van der Waals surface area contributed by atoms with Crippen molar-refractivity contribution in [2.45, 2.75) is 58.3 Å². The van der Waals surface area contributed by atoms with E-state index in [0.717, 1.165) is 12.8 Å². The molecule has 6 nitrogen and oxygen atoms in total. The zero-order chi connectivity index (χ0) is 12.6. The maximum Gasteiger partial charge on any atom is 0.303 e. The summed E-state index contributed by atoms with van der Waals surface area (Å²) in [4.78, 5) is 16.8. The Balaban J connectivity index is 0. The van der Waals surface area contributed by atoms with Gasteiger partial charge in [0.05, 0.1) is 0 Å². The lowest BCUT2D eigenvalue weighted by Gasteiger charge is -1.98. The minimum atomic E-state index is -0.663. The third kappa shape index (κ3) is 23.3. The SMILES string of the molecule is CCCCCCCCCC(=O)O.NOON. The molecule has 0 aromatic carbocycles. The minimum Gasteiger partial charge on any atom is -0.481 e. The van der Waals surface area contributed by atoms with E-state index in [1.807, 2.05) is 0 Å². The Hall–Kier alpha value is -0.690. The van der Waals surface area contributed by atoms with Gasteiger partial charge in [-0.05, 0) is 6.42 Å². The van der Waals surface area contributed by atoms with Crippen LogP contribution >= 0.6 is 0 Å². The number of rotatable bonds is 9. The van der Waals surface area contributed by atoms with Crippen LogP contribution in [0.3, 0.4) is 0 Å². The number of nitrogens with two attached hydrogens (primary N) is 2. The predicted molar refractivity (Wildman–Crippen MR) is 60.8 cm³/mol. The first-order chi connectivity index (χ1) is 7.68. The molecule has 0 unspecified atom stereocenters. The van der Waals surface area contributed by atoms with Gasteiger partial charge in [0.15, 0.2) is 0 Å². The van der Waals surface area contributed by atoms with Crippen LogP contribution in [0.2, 0.25) is 0 Å². The van der Waals surface area contributed by atoms with Gasteiger partial charge in [-0.2, -0.15) is 11.8 Å².